The van der Waals surface area contributed by atoms with Crippen LogP contribution in [0.2, 0.25) is 0 Å². The zero-order chi connectivity index (χ0) is 13.0. The second-order valence-electron chi connectivity index (χ2n) is 5.07. The van der Waals surface area contributed by atoms with Gasteiger partial charge in [-0.2, -0.15) is 0 Å². The van der Waals surface area contributed by atoms with E-state index in [1.165, 1.54) is 38.1 Å². The first-order chi connectivity index (χ1) is 8.65. The highest BCUT2D eigenvalue weighted by molar-refractivity contribution is 5.27. The van der Waals surface area contributed by atoms with Crippen molar-refractivity contribution < 1.29 is 9.50 Å². The molecule has 0 radical (unpaired) electrons. The molecule has 1 fully saturated rings. The Kier molecular flexibility index (Phi) is 4.55. The quantitative estimate of drug-likeness (QED) is 0.869. The van der Waals surface area contributed by atoms with Gasteiger partial charge in [0.25, 0.3) is 0 Å². The highest BCUT2D eigenvalue weighted by Crippen LogP contribution is 2.17. The molecule has 3 nitrogen and oxygen atoms in total. The number of likely N-dealkylation sites (N-methyl/N-ethyl adjacent to an activating group) is 1. The SMILES string of the molecule is CN(CCN1CCCC1)Cc1ccc(O)c(F)c1. The molecule has 0 saturated carbocycles. The lowest BCUT2D eigenvalue weighted by Crippen LogP contribution is -2.31. The topological polar surface area (TPSA) is 26.7 Å². The van der Waals surface area contributed by atoms with Crippen LogP contribution in [0.3, 0.4) is 0 Å². The smallest absolute Gasteiger partial charge is 0.165 e. The van der Waals surface area contributed by atoms with E-state index in [0.717, 1.165) is 18.7 Å². The summed E-state index contributed by atoms with van der Waals surface area (Å²) in [4.78, 5) is 4.65. The molecule has 1 aliphatic heterocycles. The number of halogens is 1. The summed E-state index contributed by atoms with van der Waals surface area (Å²) in [5.74, 6) is -0.820. The van der Waals surface area contributed by atoms with Crippen molar-refractivity contribution in [1.29, 1.82) is 0 Å². The van der Waals surface area contributed by atoms with Gasteiger partial charge in [0.05, 0.1) is 0 Å². The molecule has 100 valence electrons. The highest BCUT2D eigenvalue weighted by atomic mass is 19.1. The van der Waals surface area contributed by atoms with Crippen LogP contribution >= 0.6 is 0 Å². The molecule has 1 saturated heterocycles. The number of rotatable bonds is 5. The minimum atomic E-state index is -0.541. The second kappa shape index (κ2) is 6.16. The maximum absolute atomic E-state index is 13.2. The van der Waals surface area contributed by atoms with Crippen LogP contribution in [0.1, 0.15) is 18.4 Å². The van der Waals surface area contributed by atoms with E-state index in [4.69, 9.17) is 5.11 Å². The molecule has 0 amide bonds. The van der Waals surface area contributed by atoms with E-state index in [-0.39, 0.29) is 5.75 Å². The minimum Gasteiger partial charge on any atom is -0.505 e. The number of hydrogen-bond donors (Lipinski definition) is 1. The van der Waals surface area contributed by atoms with Crippen LogP contribution in [0.4, 0.5) is 4.39 Å². The normalized spacial score (nSPS) is 16.6. The summed E-state index contributed by atoms with van der Waals surface area (Å²) >= 11 is 0. The Balaban J connectivity index is 1.78. The molecular formula is C14H21FN2O. The molecule has 0 atom stereocenters. The van der Waals surface area contributed by atoms with E-state index >= 15 is 0 Å². The predicted octanol–water partition coefficient (Wildman–Crippen LogP) is 2.06. The third-order valence-electron chi connectivity index (χ3n) is 3.46. The molecule has 1 heterocycles. The van der Waals surface area contributed by atoms with Crippen molar-refractivity contribution in [3.63, 3.8) is 0 Å². The first-order valence-electron chi connectivity index (χ1n) is 6.53. The summed E-state index contributed by atoms with van der Waals surface area (Å²) in [5, 5.41) is 9.13. The van der Waals surface area contributed by atoms with Gasteiger partial charge in [-0.25, -0.2) is 4.39 Å². The van der Waals surface area contributed by atoms with Gasteiger partial charge in [-0.1, -0.05) is 6.07 Å². The van der Waals surface area contributed by atoms with E-state index in [2.05, 4.69) is 9.80 Å². The zero-order valence-electron chi connectivity index (χ0n) is 10.9. The summed E-state index contributed by atoms with van der Waals surface area (Å²) in [6.07, 6.45) is 2.62. The molecule has 2 rings (SSSR count). The molecule has 1 aromatic rings. The van der Waals surface area contributed by atoms with Crippen LogP contribution in [0.5, 0.6) is 5.75 Å². The Morgan fingerprint density at radius 2 is 2.06 bits per heavy atom. The standard InChI is InChI=1S/C14H21FN2O/c1-16(8-9-17-6-2-3-7-17)11-12-4-5-14(18)13(15)10-12/h4-5,10,18H,2-3,6-9,11H2,1H3. The molecular weight excluding hydrogens is 231 g/mol. The third kappa shape index (κ3) is 3.68. The third-order valence-corrected chi connectivity index (χ3v) is 3.46. The molecule has 0 spiro atoms. The Morgan fingerprint density at radius 1 is 1.33 bits per heavy atom. The number of phenols is 1. The fourth-order valence-corrected chi connectivity index (χ4v) is 2.36. The largest absolute Gasteiger partial charge is 0.505 e. The van der Waals surface area contributed by atoms with Crippen molar-refractivity contribution in [2.45, 2.75) is 19.4 Å². The van der Waals surface area contributed by atoms with Gasteiger partial charge in [-0.05, 0) is 50.7 Å². The number of benzene rings is 1. The maximum atomic E-state index is 13.2. The summed E-state index contributed by atoms with van der Waals surface area (Å²) in [7, 11) is 2.04. The van der Waals surface area contributed by atoms with Crippen molar-refractivity contribution in [3.8, 4) is 5.75 Å². The molecule has 0 aromatic heterocycles. The van der Waals surface area contributed by atoms with Gasteiger partial charge in [-0.15, -0.1) is 0 Å². The average Bonchev–Trinajstić information content (AvgIpc) is 2.84. The van der Waals surface area contributed by atoms with Gasteiger partial charge in [0.15, 0.2) is 11.6 Å². The Labute approximate surface area is 108 Å². The molecule has 1 aromatic carbocycles. The fourth-order valence-electron chi connectivity index (χ4n) is 2.36. The van der Waals surface area contributed by atoms with Crippen LogP contribution < -0.4 is 0 Å². The predicted molar refractivity (Wildman–Crippen MR) is 70.1 cm³/mol. The lowest BCUT2D eigenvalue weighted by molar-refractivity contribution is 0.252. The number of hydrogen-bond acceptors (Lipinski definition) is 3. The Hall–Kier alpha value is -1.13. The monoisotopic (exact) mass is 252 g/mol. The number of nitrogens with zero attached hydrogens (tertiary/aromatic N) is 2. The van der Waals surface area contributed by atoms with Crippen molar-refractivity contribution in [2.24, 2.45) is 0 Å². The van der Waals surface area contributed by atoms with Crippen molar-refractivity contribution in [3.05, 3.63) is 29.6 Å². The van der Waals surface area contributed by atoms with E-state index in [1.807, 2.05) is 7.05 Å². The van der Waals surface area contributed by atoms with Crippen LogP contribution in [0, 0.1) is 5.82 Å². The first kappa shape index (κ1) is 13.3. The molecule has 4 heteroatoms. The first-order valence-corrected chi connectivity index (χ1v) is 6.53. The Morgan fingerprint density at radius 3 is 2.72 bits per heavy atom. The minimum absolute atomic E-state index is 0.279. The van der Waals surface area contributed by atoms with E-state index in [0.29, 0.717) is 6.54 Å². The van der Waals surface area contributed by atoms with E-state index in [1.54, 1.807) is 6.07 Å². The summed E-state index contributed by atoms with van der Waals surface area (Å²) in [6.45, 7) is 5.20. The van der Waals surface area contributed by atoms with Crippen LogP contribution in [-0.2, 0) is 6.54 Å². The maximum Gasteiger partial charge on any atom is 0.165 e. The number of aromatic hydroxyl groups is 1. The fraction of sp³-hybridized carbons (Fsp3) is 0.571. The summed E-state index contributed by atoms with van der Waals surface area (Å²) in [5.41, 5.74) is 0.897. The van der Waals surface area contributed by atoms with Crippen LogP contribution in [0.15, 0.2) is 18.2 Å². The number of phenolic OH excluding ortho intramolecular Hbond substituents is 1. The molecule has 18 heavy (non-hydrogen) atoms. The van der Waals surface area contributed by atoms with Gasteiger partial charge in [-0.3, -0.25) is 0 Å². The second-order valence-corrected chi connectivity index (χ2v) is 5.07. The van der Waals surface area contributed by atoms with Crippen molar-refractivity contribution in [1.82, 2.24) is 9.80 Å². The van der Waals surface area contributed by atoms with Gasteiger partial charge in [0.2, 0.25) is 0 Å². The van der Waals surface area contributed by atoms with Gasteiger partial charge in [0.1, 0.15) is 0 Å². The molecule has 0 unspecified atom stereocenters. The Bertz CT molecular complexity index is 391. The molecule has 1 aliphatic rings. The van der Waals surface area contributed by atoms with E-state index < -0.39 is 5.82 Å². The van der Waals surface area contributed by atoms with Crippen molar-refractivity contribution >= 4 is 0 Å². The molecule has 0 bridgehead atoms. The van der Waals surface area contributed by atoms with Gasteiger partial charge < -0.3 is 14.9 Å². The van der Waals surface area contributed by atoms with Gasteiger partial charge >= 0.3 is 0 Å². The summed E-state index contributed by atoms with van der Waals surface area (Å²) < 4.78 is 13.2. The average molecular weight is 252 g/mol. The lowest BCUT2D eigenvalue weighted by atomic mass is 10.2. The molecule has 1 N–H and O–H groups in total. The zero-order valence-corrected chi connectivity index (χ0v) is 10.9. The lowest BCUT2D eigenvalue weighted by Gasteiger charge is -2.21. The summed E-state index contributed by atoms with van der Waals surface area (Å²) in [6, 6.07) is 4.59. The number of likely N-dealkylation sites (tertiary alicyclic amines) is 1. The van der Waals surface area contributed by atoms with Crippen LogP contribution in [-0.4, -0.2) is 48.1 Å². The van der Waals surface area contributed by atoms with E-state index in [9.17, 15) is 4.39 Å². The highest BCUT2D eigenvalue weighted by Gasteiger charge is 2.12. The van der Waals surface area contributed by atoms with Crippen molar-refractivity contribution in [2.75, 3.05) is 33.2 Å². The van der Waals surface area contributed by atoms with Gasteiger partial charge in [0, 0.05) is 19.6 Å². The van der Waals surface area contributed by atoms with Crippen LogP contribution in [0.25, 0.3) is 0 Å². The molecule has 0 aliphatic carbocycles.